The van der Waals surface area contributed by atoms with Gasteiger partial charge in [0, 0.05) is 5.69 Å². The number of aliphatic carboxylic acids is 1. The number of hydrogen-bond acceptors (Lipinski definition) is 2. The lowest BCUT2D eigenvalue weighted by Gasteiger charge is -2.07. The minimum absolute atomic E-state index is 0.220. The van der Waals surface area contributed by atoms with E-state index >= 15 is 0 Å². The van der Waals surface area contributed by atoms with Crippen LogP contribution in [0.25, 0.3) is 10.8 Å². The highest BCUT2D eigenvalue weighted by molar-refractivity contribution is 6.01. The molecule has 2 unspecified atom stereocenters. The van der Waals surface area contributed by atoms with Crippen LogP contribution in [0.15, 0.2) is 42.5 Å². The number of amides is 1. The van der Waals surface area contributed by atoms with E-state index in [1.165, 1.54) is 0 Å². The zero-order chi connectivity index (χ0) is 15.2. The van der Waals surface area contributed by atoms with Gasteiger partial charge in [-0.1, -0.05) is 44.2 Å². The lowest BCUT2D eigenvalue weighted by molar-refractivity contribution is -0.140. The molecule has 21 heavy (non-hydrogen) atoms. The molecule has 4 heteroatoms. The molecule has 0 bridgehead atoms. The molecule has 0 heterocycles. The molecule has 1 amide bonds. The summed E-state index contributed by atoms with van der Waals surface area (Å²) in [5, 5.41) is 14.1. The Kier molecular flexibility index (Phi) is 2.97. The molecule has 3 rings (SSSR count). The Morgan fingerprint density at radius 2 is 1.71 bits per heavy atom. The normalized spacial score (nSPS) is 22.8. The number of hydrogen-bond donors (Lipinski definition) is 2. The van der Waals surface area contributed by atoms with Gasteiger partial charge in [0.05, 0.1) is 11.8 Å². The fourth-order valence-corrected chi connectivity index (χ4v) is 3.08. The van der Waals surface area contributed by atoms with Gasteiger partial charge in [-0.15, -0.1) is 0 Å². The Hall–Kier alpha value is -2.36. The number of anilines is 1. The zero-order valence-corrected chi connectivity index (χ0v) is 12.0. The van der Waals surface area contributed by atoms with Gasteiger partial charge in [0.2, 0.25) is 5.91 Å². The van der Waals surface area contributed by atoms with E-state index in [1.807, 2.05) is 56.3 Å². The zero-order valence-electron chi connectivity index (χ0n) is 12.0. The summed E-state index contributed by atoms with van der Waals surface area (Å²) >= 11 is 0. The molecule has 2 aromatic carbocycles. The molecule has 1 fully saturated rings. The van der Waals surface area contributed by atoms with Crippen LogP contribution in [-0.4, -0.2) is 17.0 Å². The van der Waals surface area contributed by atoms with Crippen molar-refractivity contribution in [3.05, 3.63) is 42.5 Å². The molecule has 0 aliphatic heterocycles. The van der Waals surface area contributed by atoms with Gasteiger partial charge in [-0.3, -0.25) is 9.59 Å². The summed E-state index contributed by atoms with van der Waals surface area (Å²) in [5.74, 6) is -2.19. The molecule has 1 aliphatic carbocycles. The summed E-state index contributed by atoms with van der Waals surface area (Å²) < 4.78 is 0. The van der Waals surface area contributed by atoms with Gasteiger partial charge in [-0.05, 0) is 28.3 Å². The maximum Gasteiger partial charge on any atom is 0.307 e. The molecule has 0 saturated heterocycles. The van der Waals surface area contributed by atoms with Crippen molar-refractivity contribution < 1.29 is 14.7 Å². The Labute approximate surface area is 122 Å². The van der Waals surface area contributed by atoms with Crippen LogP contribution in [0.2, 0.25) is 0 Å². The van der Waals surface area contributed by atoms with Crippen molar-refractivity contribution >= 4 is 28.3 Å². The number of carboxylic acids is 1. The van der Waals surface area contributed by atoms with E-state index in [0.29, 0.717) is 5.69 Å². The number of carboxylic acid groups (broad SMARTS) is 1. The van der Waals surface area contributed by atoms with E-state index in [2.05, 4.69) is 5.32 Å². The maximum atomic E-state index is 12.3. The van der Waals surface area contributed by atoms with Crippen molar-refractivity contribution in [2.45, 2.75) is 13.8 Å². The summed E-state index contributed by atoms with van der Waals surface area (Å²) in [4.78, 5) is 23.4. The van der Waals surface area contributed by atoms with E-state index in [1.54, 1.807) is 0 Å². The predicted molar refractivity (Wildman–Crippen MR) is 81.0 cm³/mol. The average molecular weight is 283 g/mol. The van der Waals surface area contributed by atoms with Crippen LogP contribution in [0.5, 0.6) is 0 Å². The Morgan fingerprint density at radius 3 is 2.33 bits per heavy atom. The highest BCUT2D eigenvalue weighted by Gasteiger charge is 2.65. The van der Waals surface area contributed by atoms with Gasteiger partial charge in [0.25, 0.3) is 0 Å². The number of carbonyl (C=O) groups is 2. The fraction of sp³-hybridized carbons (Fsp3) is 0.294. The first-order valence-electron chi connectivity index (χ1n) is 6.94. The molecule has 1 saturated carbocycles. The fourth-order valence-electron chi connectivity index (χ4n) is 3.08. The molecule has 1 aliphatic rings. The predicted octanol–water partition coefficient (Wildman–Crippen LogP) is 3.14. The van der Waals surface area contributed by atoms with Gasteiger partial charge in [-0.25, -0.2) is 0 Å². The first-order valence-corrected chi connectivity index (χ1v) is 6.94. The number of nitrogens with one attached hydrogen (secondary N) is 1. The van der Waals surface area contributed by atoms with Crippen LogP contribution in [-0.2, 0) is 9.59 Å². The molecule has 0 radical (unpaired) electrons. The van der Waals surface area contributed by atoms with Crippen molar-refractivity contribution in [1.29, 1.82) is 0 Å². The molecule has 0 spiro atoms. The number of fused-ring (bicyclic) bond motifs is 1. The lowest BCUT2D eigenvalue weighted by Crippen LogP contribution is -2.17. The second kappa shape index (κ2) is 4.58. The topological polar surface area (TPSA) is 66.4 Å². The first kappa shape index (κ1) is 13.6. The summed E-state index contributed by atoms with van der Waals surface area (Å²) in [6.45, 7) is 3.63. The number of benzene rings is 2. The highest BCUT2D eigenvalue weighted by atomic mass is 16.4. The second-order valence-corrected chi connectivity index (χ2v) is 6.17. The van der Waals surface area contributed by atoms with Crippen molar-refractivity contribution in [3.8, 4) is 0 Å². The summed E-state index contributed by atoms with van der Waals surface area (Å²) in [5.41, 5.74) is 0.220. The van der Waals surface area contributed by atoms with Gasteiger partial charge in [0.15, 0.2) is 0 Å². The van der Waals surface area contributed by atoms with E-state index in [4.69, 9.17) is 5.11 Å². The molecule has 2 N–H and O–H groups in total. The van der Waals surface area contributed by atoms with Crippen molar-refractivity contribution in [1.82, 2.24) is 0 Å². The van der Waals surface area contributed by atoms with Crippen LogP contribution in [0.3, 0.4) is 0 Å². The van der Waals surface area contributed by atoms with Crippen molar-refractivity contribution in [2.24, 2.45) is 17.3 Å². The van der Waals surface area contributed by atoms with Crippen LogP contribution < -0.4 is 5.32 Å². The third-order valence-electron chi connectivity index (χ3n) is 4.39. The standard InChI is InChI=1S/C17H17NO3/c1-17(2)13(14(17)16(20)21)15(19)18-12-8-7-10-5-3-4-6-11(10)9-12/h3-9,13-14H,1-2H3,(H,18,19)(H,20,21). The Balaban J connectivity index is 1.80. The molecule has 108 valence electrons. The maximum absolute atomic E-state index is 12.3. The molecule has 0 aromatic heterocycles. The summed E-state index contributed by atoms with van der Waals surface area (Å²) in [7, 11) is 0. The van der Waals surface area contributed by atoms with Gasteiger partial charge in [0.1, 0.15) is 0 Å². The Bertz CT molecular complexity index is 736. The first-order chi connectivity index (χ1) is 9.91. The van der Waals surface area contributed by atoms with E-state index in [-0.39, 0.29) is 5.91 Å². The SMILES string of the molecule is CC1(C)C(C(=O)O)C1C(=O)Nc1ccc2ccccc2c1. The van der Waals surface area contributed by atoms with E-state index in [0.717, 1.165) is 10.8 Å². The Morgan fingerprint density at radius 1 is 1.05 bits per heavy atom. The van der Waals surface area contributed by atoms with Crippen molar-refractivity contribution in [3.63, 3.8) is 0 Å². The van der Waals surface area contributed by atoms with Gasteiger partial charge in [-0.2, -0.15) is 0 Å². The summed E-state index contributed by atoms with van der Waals surface area (Å²) in [6, 6.07) is 13.6. The van der Waals surface area contributed by atoms with Gasteiger partial charge >= 0.3 is 5.97 Å². The summed E-state index contributed by atoms with van der Waals surface area (Å²) in [6.07, 6.45) is 0. The molecule has 2 aromatic rings. The molecule has 4 nitrogen and oxygen atoms in total. The van der Waals surface area contributed by atoms with Gasteiger partial charge < -0.3 is 10.4 Å². The third-order valence-corrected chi connectivity index (χ3v) is 4.39. The van der Waals surface area contributed by atoms with E-state index in [9.17, 15) is 9.59 Å². The average Bonchev–Trinajstić information content (AvgIpc) is 3.02. The lowest BCUT2D eigenvalue weighted by atomic mass is 10.1. The van der Waals surface area contributed by atoms with Crippen molar-refractivity contribution in [2.75, 3.05) is 5.32 Å². The number of carbonyl (C=O) groups excluding carboxylic acids is 1. The van der Waals surface area contributed by atoms with Crippen LogP contribution >= 0.6 is 0 Å². The number of rotatable bonds is 3. The van der Waals surface area contributed by atoms with E-state index < -0.39 is 23.2 Å². The molecular weight excluding hydrogens is 266 g/mol. The smallest absolute Gasteiger partial charge is 0.307 e. The van der Waals surface area contributed by atoms with Crippen LogP contribution in [0.1, 0.15) is 13.8 Å². The quantitative estimate of drug-likeness (QED) is 0.909. The monoisotopic (exact) mass is 283 g/mol. The molecular formula is C17H17NO3. The minimum atomic E-state index is -0.904. The second-order valence-electron chi connectivity index (χ2n) is 6.17. The highest BCUT2D eigenvalue weighted by Crippen LogP contribution is 2.58. The van der Waals surface area contributed by atoms with Crippen LogP contribution in [0.4, 0.5) is 5.69 Å². The van der Waals surface area contributed by atoms with Crippen LogP contribution in [0, 0.1) is 17.3 Å². The largest absolute Gasteiger partial charge is 0.481 e. The minimum Gasteiger partial charge on any atom is -0.481 e. The third kappa shape index (κ3) is 2.27. The molecule has 2 atom stereocenters.